The molecule has 8 N–H and O–H groups in total. The number of nitrogens with two attached hydrogens (primary N) is 2. The summed E-state index contributed by atoms with van der Waals surface area (Å²) in [5, 5.41) is 37.6. The Balaban J connectivity index is 1.28. The quantitative estimate of drug-likeness (QED) is 0.226. The lowest BCUT2D eigenvalue weighted by atomic mass is 9.78. The number of fused-ring (bicyclic) bond motifs is 1. The van der Waals surface area contributed by atoms with Gasteiger partial charge in [0.2, 0.25) is 5.96 Å². The maximum atomic E-state index is 13.6. The number of amides is 2. The molecule has 2 unspecified atom stereocenters. The van der Waals surface area contributed by atoms with Crippen molar-refractivity contribution in [2.24, 2.45) is 21.5 Å². The van der Waals surface area contributed by atoms with Crippen LogP contribution in [0.1, 0.15) is 33.5 Å². The highest BCUT2D eigenvalue weighted by Crippen LogP contribution is 2.49. The fourth-order valence-corrected chi connectivity index (χ4v) is 6.29. The van der Waals surface area contributed by atoms with E-state index in [0.717, 1.165) is 5.69 Å². The topological polar surface area (TPSA) is 220 Å². The second-order valence-electron chi connectivity index (χ2n) is 11.0. The number of benzene rings is 1. The summed E-state index contributed by atoms with van der Waals surface area (Å²) in [4.78, 5) is 38.8. The molecule has 6 rings (SSSR count). The Morgan fingerprint density at radius 1 is 1.14 bits per heavy atom. The van der Waals surface area contributed by atoms with Crippen LogP contribution in [0.15, 0.2) is 40.3 Å². The number of hydrogen-bond acceptors (Lipinski definition) is 14. The van der Waals surface area contributed by atoms with Crippen LogP contribution in [0.4, 0.5) is 5.69 Å². The minimum Gasteiger partial charge on any atom is -0.489 e. The number of rotatable bonds is 5. The Bertz CT molecular complexity index is 1500. The van der Waals surface area contributed by atoms with Crippen molar-refractivity contribution in [3.63, 3.8) is 0 Å². The van der Waals surface area contributed by atoms with E-state index in [9.17, 15) is 19.9 Å². The SMILES string of the molecule is Cc1ccc(C(=O)NC[C@@H]2N=C(N)N3C[C@H](NC(=O)c4cccc5c4OCCN5C)[C@](C)(O)C34C2N=C(N)N4O)nn1. The molecule has 1 fully saturated rings. The third-order valence-electron chi connectivity index (χ3n) is 8.49. The molecular formula is C26H33N11O5. The minimum absolute atomic E-state index is 0.0156. The van der Waals surface area contributed by atoms with Gasteiger partial charge in [-0.25, -0.2) is 9.98 Å². The first-order chi connectivity index (χ1) is 20.0. The number of anilines is 1. The molecule has 1 aromatic heterocycles. The summed E-state index contributed by atoms with van der Waals surface area (Å²) in [5.74, 6) is -0.816. The molecule has 2 amide bonds. The number of aliphatic imine (C=N–C) groups is 2. The second kappa shape index (κ2) is 9.70. The van der Waals surface area contributed by atoms with E-state index in [1.54, 1.807) is 31.2 Å². The maximum absolute atomic E-state index is 13.6. The molecule has 4 aliphatic heterocycles. The number of carbonyl (C=O) groups excluding carboxylic acids is 2. The first-order valence-electron chi connectivity index (χ1n) is 13.5. The predicted octanol–water partition coefficient (Wildman–Crippen LogP) is -2.01. The molecule has 4 aliphatic rings. The number of nitrogens with one attached hydrogen (secondary N) is 2. The molecule has 2 aromatic rings. The van der Waals surface area contributed by atoms with Crippen molar-refractivity contribution in [3.05, 3.63) is 47.3 Å². The number of carbonyl (C=O) groups is 2. The zero-order valence-corrected chi connectivity index (χ0v) is 23.4. The molecule has 0 aliphatic carbocycles. The van der Waals surface area contributed by atoms with Crippen LogP contribution >= 0.6 is 0 Å². The van der Waals surface area contributed by atoms with Gasteiger partial charge >= 0.3 is 0 Å². The lowest BCUT2D eigenvalue weighted by Gasteiger charge is -2.52. The summed E-state index contributed by atoms with van der Waals surface area (Å²) in [7, 11) is 1.91. The van der Waals surface area contributed by atoms with E-state index >= 15 is 0 Å². The third-order valence-corrected chi connectivity index (χ3v) is 8.49. The molecule has 0 saturated carbocycles. The van der Waals surface area contributed by atoms with Gasteiger partial charge in [-0.2, -0.15) is 10.2 Å². The molecule has 5 heterocycles. The molecule has 0 radical (unpaired) electrons. The van der Waals surface area contributed by atoms with Gasteiger partial charge in [-0.05, 0) is 38.1 Å². The van der Waals surface area contributed by atoms with Crippen LogP contribution in [0.2, 0.25) is 0 Å². The number of aryl methyl sites for hydroxylation is 1. The van der Waals surface area contributed by atoms with E-state index in [2.05, 4.69) is 30.8 Å². The molecule has 16 heteroatoms. The van der Waals surface area contributed by atoms with Gasteiger partial charge < -0.3 is 41.7 Å². The van der Waals surface area contributed by atoms with Crippen molar-refractivity contribution in [1.29, 1.82) is 0 Å². The highest BCUT2D eigenvalue weighted by Gasteiger charge is 2.74. The highest BCUT2D eigenvalue weighted by atomic mass is 16.5. The van der Waals surface area contributed by atoms with Gasteiger partial charge in [0.1, 0.15) is 18.2 Å². The van der Waals surface area contributed by atoms with Crippen LogP contribution in [0.5, 0.6) is 5.75 Å². The number of hydrogen-bond donors (Lipinski definition) is 6. The van der Waals surface area contributed by atoms with Gasteiger partial charge in [0.15, 0.2) is 23.1 Å². The Labute approximate surface area is 241 Å². The largest absolute Gasteiger partial charge is 0.489 e. The van der Waals surface area contributed by atoms with E-state index in [0.29, 0.717) is 35.2 Å². The molecule has 222 valence electrons. The van der Waals surface area contributed by atoms with Gasteiger partial charge in [0.25, 0.3) is 11.8 Å². The summed E-state index contributed by atoms with van der Waals surface area (Å²) in [6, 6.07) is 5.72. The van der Waals surface area contributed by atoms with Gasteiger partial charge in [-0.15, -0.1) is 5.10 Å². The first kappa shape index (κ1) is 27.5. The Morgan fingerprint density at radius 3 is 2.67 bits per heavy atom. The highest BCUT2D eigenvalue weighted by molar-refractivity contribution is 5.99. The Hall–Kier alpha value is -4.70. The van der Waals surface area contributed by atoms with Crippen molar-refractivity contribution in [2.75, 3.05) is 38.2 Å². The van der Waals surface area contributed by atoms with E-state index in [1.165, 1.54) is 11.8 Å². The van der Waals surface area contributed by atoms with Crippen molar-refractivity contribution < 1.29 is 24.6 Å². The molecule has 1 saturated heterocycles. The lowest BCUT2D eigenvalue weighted by Crippen LogP contribution is -2.77. The van der Waals surface area contributed by atoms with Crippen molar-refractivity contribution in [2.45, 2.75) is 43.2 Å². The van der Waals surface area contributed by atoms with Gasteiger partial charge in [0.05, 0.1) is 35.6 Å². The average Bonchev–Trinajstić information content (AvgIpc) is 3.37. The predicted molar refractivity (Wildman–Crippen MR) is 150 cm³/mol. The van der Waals surface area contributed by atoms with Crippen LogP contribution in [0.25, 0.3) is 0 Å². The summed E-state index contributed by atoms with van der Waals surface area (Å²) in [5.41, 5.74) is 10.7. The van der Waals surface area contributed by atoms with Crippen LogP contribution < -0.4 is 31.7 Å². The van der Waals surface area contributed by atoms with Gasteiger partial charge in [-0.3, -0.25) is 14.8 Å². The smallest absolute Gasteiger partial charge is 0.271 e. The molecule has 0 bridgehead atoms. The number of nitrogens with zero attached hydrogens (tertiary/aromatic N) is 7. The molecule has 1 aromatic carbocycles. The first-order valence-corrected chi connectivity index (χ1v) is 13.5. The number of hydroxylamine groups is 2. The maximum Gasteiger partial charge on any atom is 0.271 e. The number of aromatic nitrogens is 2. The van der Waals surface area contributed by atoms with E-state index in [4.69, 9.17) is 16.2 Å². The van der Waals surface area contributed by atoms with Crippen molar-refractivity contribution >= 4 is 29.4 Å². The fraction of sp³-hybridized carbons (Fsp3) is 0.462. The van der Waals surface area contributed by atoms with Crippen LogP contribution in [-0.4, -0.2) is 117 Å². The van der Waals surface area contributed by atoms with Gasteiger partial charge in [-0.1, -0.05) is 6.07 Å². The molecule has 1 spiro atoms. The number of para-hydroxylation sites is 1. The zero-order chi connectivity index (χ0) is 30.0. The normalized spacial score (nSPS) is 29.5. The molecular weight excluding hydrogens is 546 g/mol. The minimum atomic E-state index is -1.87. The average molecular weight is 580 g/mol. The van der Waals surface area contributed by atoms with E-state index in [-0.39, 0.29) is 30.7 Å². The second-order valence-corrected chi connectivity index (χ2v) is 11.0. The number of likely N-dealkylation sites (N-methyl/N-ethyl adjacent to an activating group) is 1. The lowest BCUT2D eigenvalue weighted by molar-refractivity contribution is -0.218. The van der Waals surface area contributed by atoms with E-state index < -0.39 is 41.2 Å². The molecule has 42 heavy (non-hydrogen) atoms. The van der Waals surface area contributed by atoms with Crippen LogP contribution in [0.3, 0.4) is 0 Å². The Morgan fingerprint density at radius 2 is 1.93 bits per heavy atom. The zero-order valence-electron chi connectivity index (χ0n) is 23.4. The number of guanidine groups is 2. The van der Waals surface area contributed by atoms with Crippen LogP contribution in [-0.2, 0) is 0 Å². The molecule has 5 atom stereocenters. The number of ether oxygens (including phenoxy) is 1. The fourth-order valence-electron chi connectivity index (χ4n) is 6.29. The Kier molecular flexibility index (Phi) is 6.34. The molecule has 16 nitrogen and oxygen atoms in total. The monoisotopic (exact) mass is 579 g/mol. The summed E-state index contributed by atoms with van der Waals surface area (Å²) < 4.78 is 5.83. The third kappa shape index (κ3) is 3.89. The summed E-state index contributed by atoms with van der Waals surface area (Å²) in [6.45, 7) is 4.26. The van der Waals surface area contributed by atoms with Gasteiger partial charge in [0, 0.05) is 20.1 Å². The van der Waals surface area contributed by atoms with Crippen LogP contribution in [0, 0.1) is 6.92 Å². The standard InChI is InChI=1S/C26H33N11O5/c1-13-7-8-15(34-33-13)22(39)29-11-16-20-26(37(41)24(28)32-20)25(2,40)18(12-36(26)23(27)30-16)31-21(38)14-5-4-6-17-19(14)42-10-9-35(17)3/h4-8,16,18,20,40-41H,9-12H2,1-3H3,(H2,27,30)(H2,28,32)(H,29,39)(H,31,38)/t16-,18-,20?,25-,26?/m0/s1. The van der Waals surface area contributed by atoms with Crippen molar-refractivity contribution in [1.82, 2.24) is 30.8 Å². The van der Waals surface area contributed by atoms with Crippen molar-refractivity contribution in [3.8, 4) is 5.75 Å². The van der Waals surface area contributed by atoms with E-state index in [1.807, 2.05) is 18.0 Å². The summed E-state index contributed by atoms with van der Waals surface area (Å²) >= 11 is 0. The summed E-state index contributed by atoms with van der Waals surface area (Å²) in [6.07, 6.45) is 0. The number of aliphatic hydroxyl groups is 1.